The van der Waals surface area contributed by atoms with Crippen LogP contribution in [0, 0.1) is 12.8 Å². The molecule has 0 bridgehead atoms. The highest BCUT2D eigenvalue weighted by molar-refractivity contribution is 6.00. The molecular formula is C10H14NO4. The Balaban J connectivity index is 2.65. The standard InChI is InChI=1S/C10H14NO4/c1-3-15-10(14)8-6-11(7(2)12)5-4-9(8)13/h8H,2-6H2,1H3. The van der Waals surface area contributed by atoms with Crippen molar-refractivity contribution in [3.05, 3.63) is 6.92 Å². The minimum absolute atomic E-state index is 0.0972. The van der Waals surface area contributed by atoms with Gasteiger partial charge in [0.25, 0.3) is 0 Å². The molecule has 5 nitrogen and oxygen atoms in total. The Bertz CT molecular complexity index is 287. The number of likely N-dealkylation sites (tertiary alicyclic amines) is 1. The average molecular weight is 212 g/mol. The van der Waals surface area contributed by atoms with Crippen molar-refractivity contribution in [2.45, 2.75) is 13.3 Å². The summed E-state index contributed by atoms with van der Waals surface area (Å²) in [6, 6.07) is 0. The molecule has 0 aromatic heterocycles. The van der Waals surface area contributed by atoms with Crippen molar-refractivity contribution in [2.75, 3.05) is 19.7 Å². The van der Waals surface area contributed by atoms with E-state index in [9.17, 15) is 14.4 Å². The van der Waals surface area contributed by atoms with Crippen molar-refractivity contribution in [3.8, 4) is 0 Å². The summed E-state index contributed by atoms with van der Waals surface area (Å²) in [6.45, 7) is 5.61. The van der Waals surface area contributed by atoms with Gasteiger partial charge in [-0.3, -0.25) is 14.4 Å². The minimum Gasteiger partial charge on any atom is -0.465 e. The minimum atomic E-state index is -0.829. The molecule has 0 aromatic carbocycles. The number of piperidine rings is 1. The number of ketones is 1. The third kappa shape index (κ3) is 2.78. The first kappa shape index (κ1) is 11.7. The van der Waals surface area contributed by atoms with Gasteiger partial charge < -0.3 is 9.64 Å². The van der Waals surface area contributed by atoms with Gasteiger partial charge in [-0.2, -0.15) is 0 Å². The maximum atomic E-state index is 11.4. The van der Waals surface area contributed by atoms with Crippen LogP contribution in [0.25, 0.3) is 0 Å². The Labute approximate surface area is 88.4 Å². The highest BCUT2D eigenvalue weighted by atomic mass is 16.5. The highest BCUT2D eigenvalue weighted by Crippen LogP contribution is 2.14. The molecular weight excluding hydrogens is 198 g/mol. The lowest BCUT2D eigenvalue weighted by Gasteiger charge is -2.29. The van der Waals surface area contributed by atoms with Crippen LogP contribution in [0.2, 0.25) is 0 Å². The Morgan fingerprint density at radius 3 is 2.80 bits per heavy atom. The van der Waals surface area contributed by atoms with Gasteiger partial charge in [0.2, 0.25) is 5.91 Å². The number of Topliss-reactive ketones (excluding diaryl/α,β-unsaturated/α-hetero) is 1. The van der Waals surface area contributed by atoms with Crippen LogP contribution in [0.4, 0.5) is 0 Å². The lowest BCUT2D eigenvalue weighted by Crippen LogP contribution is -2.46. The van der Waals surface area contributed by atoms with Crippen LogP contribution in [-0.2, 0) is 19.1 Å². The van der Waals surface area contributed by atoms with Crippen LogP contribution in [0.5, 0.6) is 0 Å². The van der Waals surface area contributed by atoms with E-state index in [0.29, 0.717) is 6.54 Å². The third-order valence-electron chi connectivity index (χ3n) is 2.34. The van der Waals surface area contributed by atoms with Gasteiger partial charge in [-0.25, -0.2) is 0 Å². The van der Waals surface area contributed by atoms with Crippen LogP contribution >= 0.6 is 0 Å². The van der Waals surface area contributed by atoms with Crippen molar-refractivity contribution < 1.29 is 19.1 Å². The molecule has 83 valence electrons. The summed E-state index contributed by atoms with van der Waals surface area (Å²) in [6.07, 6.45) is 0.199. The Morgan fingerprint density at radius 2 is 2.27 bits per heavy atom. The molecule has 1 aliphatic rings. The number of amides is 1. The first-order chi connectivity index (χ1) is 7.06. The Kier molecular flexibility index (Phi) is 3.82. The fraction of sp³-hybridized carbons (Fsp3) is 0.600. The van der Waals surface area contributed by atoms with E-state index in [1.165, 1.54) is 4.90 Å². The van der Waals surface area contributed by atoms with E-state index >= 15 is 0 Å². The van der Waals surface area contributed by atoms with Crippen LogP contribution in [-0.4, -0.2) is 42.3 Å². The first-order valence-electron chi connectivity index (χ1n) is 4.86. The zero-order chi connectivity index (χ0) is 11.4. The molecule has 0 aliphatic carbocycles. The van der Waals surface area contributed by atoms with Crippen molar-refractivity contribution in [2.24, 2.45) is 5.92 Å². The van der Waals surface area contributed by atoms with E-state index in [-0.39, 0.29) is 31.3 Å². The third-order valence-corrected chi connectivity index (χ3v) is 2.34. The van der Waals surface area contributed by atoms with Crippen molar-refractivity contribution in [1.82, 2.24) is 4.90 Å². The number of carbonyl (C=O) groups is 3. The summed E-state index contributed by atoms with van der Waals surface area (Å²) in [4.78, 5) is 35.2. The van der Waals surface area contributed by atoms with Gasteiger partial charge in [0.05, 0.1) is 6.61 Å². The zero-order valence-corrected chi connectivity index (χ0v) is 8.69. The molecule has 1 aliphatic heterocycles. The van der Waals surface area contributed by atoms with Gasteiger partial charge in [0.1, 0.15) is 5.92 Å². The molecule has 0 spiro atoms. The van der Waals surface area contributed by atoms with Crippen LogP contribution in [0.15, 0.2) is 0 Å². The molecule has 0 N–H and O–H groups in total. The quantitative estimate of drug-likeness (QED) is 0.470. The second-order valence-corrected chi connectivity index (χ2v) is 3.36. The topological polar surface area (TPSA) is 63.7 Å². The number of ether oxygens (including phenoxy) is 1. The molecule has 1 amide bonds. The number of hydrogen-bond acceptors (Lipinski definition) is 4. The largest absolute Gasteiger partial charge is 0.465 e. The summed E-state index contributed by atoms with van der Waals surface area (Å²) in [5, 5.41) is 0. The molecule has 0 aromatic rings. The summed E-state index contributed by atoms with van der Waals surface area (Å²) in [5.41, 5.74) is 0. The number of esters is 1. The normalized spacial score (nSPS) is 21.3. The second kappa shape index (κ2) is 4.91. The fourth-order valence-corrected chi connectivity index (χ4v) is 1.51. The van der Waals surface area contributed by atoms with Gasteiger partial charge in [0, 0.05) is 26.4 Å². The average Bonchev–Trinajstić information content (AvgIpc) is 2.18. The fourth-order valence-electron chi connectivity index (χ4n) is 1.51. The summed E-state index contributed by atoms with van der Waals surface area (Å²) in [5.74, 6) is -1.90. The molecule has 15 heavy (non-hydrogen) atoms. The lowest BCUT2D eigenvalue weighted by atomic mass is 9.96. The van der Waals surface area contributed by atoms with Crippen molar-refractivity contribution in [1.29, 1.82) is 0 Å². The maximum Gasteiger partial charge on any atom is 0.318 e. The smallest absolute Gasteiger partial charge is 0.318 e. The molecule has 1 fully saturated rings. The second-order valence-electron chi connectivity index (χ2n) is 3.36. The van der Waals surface area contributed by atoms with Gasteiger partial charge in [-0.1, -0.05) is 0 Å². The van der Waals surface area contributed by atoms with Crippen LogP contribution in [0.1, 0.15) is 13.3 Å². The van der Waals surface area contributed by atoms with Gasteiger partial charge in [0.15, 0.2) is 5.78 Å². The van der Waals surface area contributed by atoms with Gasteiger partial charge >= 0.3 is 5.97 Å². The maximum absolute atomic E-state index is 11.4. The highest BCUT2D eigenvalue weighted by Gasteiger charge is 2.34. The molecule has 1 heterocycles. The first-order valence-corrected chi connectivity index (χ1v) is 4.86. The SMILES string of the molecule is [CH2]C(=O)N1CCC(=O)C(C(=O)OCC)C1. The number of nitrogens with zero attached hydrogens (tertiary/aromatic N) is 1. The van der Waals surface area contributed by atoms with E-state index < -0.39 is 11.9 Å². The van der Waals surface area contributed by atoms with Crippen molar-refractivity contribution in [3.63, 3.8) is 0 Å². The van der Waals surface area contributed by atoms with Gasteiger partial charge in [-0.05, 0) is 6.92 Å². The van der Waals surface area contributed by atoms with E-state index in [2.05, 4.69) is 6.92 Å². The summed E-state index contributed by atoms with van der Waals surface area (Å²) < 4.78 is 4.76. The predicted octanol–water partition coefficient (Wildman–Crippen LogP) is -0.199. The number of hydrogen-bond donors (Lipinski definition) is 0. The lowest BCUT2D eigenvalue weighted by molar-refractivity contribution is -0.154. The summed E-state index contributed by atoms with van der Waals surface area (Å²) in [7, 11) is 0. The molecule has 5 heteroatoms. The molecule has 0 saturated carbocycles. The van der Waals surface area contributed by atoms with E-state index in [1.807, 2.05) is 0 Å². The van der Waals surface area contributed by atoms with Crippen molar-refractivity contribution >= 4 is 17.7 Å². The predicted molar refractivity (Wildman–Crippen MR) is 51.7 cm³/mol. The van der Waals surface area contributed by atoms with Gasteiger partial charge in [-0.15, -0.1) is 0 Å². The van der Waals surface area contributed by atoms with Crippen LogP contribution < -0.4 is 0 Å². The Hall–Kier alpha value is -1.39. The molecule has 1 radical (unpaired) electrons. The van der Waals surface area contributed by atoms with E-state index in [0.717, 1.165) is 0 Å². The molecule has 1 unspecified atom stereocenters. The zero-order valence-electron chi connectivity index (χ0n) is 8.69. The van der Waals surface area contributed by atoms with Crippen LogP contribution in [0.3, 0.4) is 0 Å². The Morgan fingerprint density at radius 1 is 1.60 bits per heavy atom. The molecule has 1 rings (SSSR count). The van der Waals surface area contributed by atoms with E-state index in [4.69, 9.17) is 4.74 Å². The molecule has 1 saturated heterocycles. The summed E-state index contributed by atoms with van der Waals surface area (Å²) >= 11 is 0. The number of carbonyl (C=O) groups excluding carboxylic acids is 3. The van der Waals surface area contributed by atoms with E-state index in [1.54, 1.807) is 6.92 Å². The molecule has 1 atom stereocenters. The number of rotatable bonds is 2. The monoisotopic (exact) mass is 212 g/mol.